The molecule has 0 saturated heterocycles. The maximum absolute atomic E-state index is 10.8. The third-order valence-electron chi connectivity index (χ3n) is 3.52. The van der Waals surface area contributed by atoms with Crippen LogP contribution in [0.4, 0.5) is 0 Å². The number of hydrogen-bond acceptors (Lipinski definition) is 2. The molecule has 2 nitrogen and oxygen atoms in total. The predicted octanol–water partition coefficient (Wildman–Crippen LogP) is 3.81. The first-order chi connectivity index (χ1) is 8.68. The summed E-state index contributed by atoms with van der Waals surface area (Å²) < 4.78 is 0. The minimum atomic E-state index is -0.864. The summed E-state index contributed by atoms with van der Waals surface area (Å²) >= 11 is 0. The maximum Gasteiger partial charge on any atom is 0.203 e. The number of rotatable bonds is 5. The summed E-state index contributed by atoms with van der Waals surface area (Å²) in [7, 11) is 0. The molecule has 1 rings (SSSR count). The Morgan fingerprint density at radius 1 is 1.11 bits per heavy atom. The Morgan fingerprint density at radius 3 is 1.79 bits per heavy atom. The van der Waals surface area contributed by atoms with E-state index in [1.54, 1.807) is 13.8 Å². The summed E-state index contributed by atoms with van der Waals surface area (Å²) in [5.74, 6) is 0.645. The molecular formula is C17H25O2. The van der Waals surface area contributed by atoms with Gasteiger partial charge in [-0.3, -0.25) is 4.79 Å². The highest BCUT2D eigenvalue weighted by atomic mass is 16.3. The molecule has 105 valence electrons. The highest BCUT2D eigenvalue weighted by molar-refractivity contribution is 5.60. The second kappa shape index (κ2) is 5.87. The van der Waals surface area contributed by atoms with Gasteiger partial charge in [0.15, 0.2) is 0 Å². The van der Waals surface area contributed by atoms with Crippen LogP contribution in [-0.2, 0) is 16.8 Å². The van der Waals surface area contributed by atoms with E-state index in [4.69, 9.17) is 0 Å². The molecule has 0 saturated carbocycles. The second-order valence-electron chi connectivity index (χ2n) is 6.32. The van der Waals surface area contributed by atoms with Crippen molar-refractivity contribution >= 4 is 6.29 Å². The lowest BCUT2D eigenvalue weighted by Gasteiger charge is -2.25. The van der Waals surface area contributed by atoms with Crippen molar-refractivity contribution in [3.8, 4) is 0 Å². The molecule has 2 heteroatoms. The Labute approximate surface area is 116 Å². The first-order valence-electron chi connectivity index (χ1n) is 6.93. The summed E-state index contributed by atoms with van der Waals surface area (Å²) in [6.07, 6.45) is 2.35. The summed E-state index contributed by atoms with van der Waals surface area (Å²) in [5.41, 5.74) is 3.41. The molecule has 1 aromatic carbocycles. The zero-order chi connectivity index (χ0) is 14.8. The van der Waals surface area contributed by atoms with Gasteiger partial charge in [0, 0.05) is 6.42 Å². The largest absolute Gasteiger partial charge is 0.386 e. The van der Waals surface area contributed by atoms with E-state index < -0.39 is 5.60 Å². The van der Waals surface area contributed by atoms with Crippen LogP contribution < -0.4 is 0 Å². The SMILES string of the molecule is CC(C)c1cc(C(C)(C)O)cc(C(C)C)c1C[C]=O. The monoisotopic (exact) mass is 261 g/mol. The van der Waals surface area contributed by atoms with Gasteiger partial charge in [-0.2, -0.15) is 0 Å². The predicted molar refractivity (Wildman–Crippen MR) is 79.3 cm³/mol. The third-order valence-corrected chi connectivity index (χ3v) is 3.52. The first kappa shape index (κ1) is 15.9. The van der Waals surface area contributed by atoms with Crippen LogP contribution in [0.25, 0.3) is 0 Å². The van der Waals surface area contributed by atoms with Crippen molar-refractivity contribution in [3.05, 3.63) is 34.4 Å². The van der Waals surface area contributed by atoms with Crippen molar-refractivity contribution in [1.29, 1.82) is 0 Å². The molecule has 0 unspecified atom stereocenters. The van der Waals surface area contributed by atoms with E-state index in [9.17, 15) is 9.90 Å². The Bertz CT molecular complexity index is 422. The number of benzene rings is 1. The Kier molecular flexibility index (Phi) is 4.92. The van der Waals surface area contributed by atoms with Gasteiger partial charge in [-0.25, -0.2) is 0 Å². The van der Waals surface area contributed by atoms with Crippen molar-refractivity contribution < 1.29 is 9.90 Å². The Morgan fingerprint density at radius 2 is 1.53 bits per heavy atom. The molecular weight excluding hydrogens is 236 g/mol. The van der Waals surface area contributed by atoms with E-state index in [1.165, 1.54) is 0 Å². The summed E-state index contributed by atoms with van der Waals surface area (Å²) in [5, 5.41) is 10.2. The van der Waals surface area contributed by atoms with Crippen LogP contribution in [0.15, 0.2) is 12.1 Å². The minimum Gasteiger partial charge on any atom is -0.386 e. The van der Waals surface area contributed by atoms with E-state index in [0.717, 1.165) is 22.3 Å². The van der Waals surface area contributed by atoms with Gasteiger partial charge < -0.3 is 5.11 Å². The van der Waals surface area contributed by atoms with Gasteiger partial charge >= 0.3 is 0 Å². The fraction of sp³-hybridized carbons (Fsp3) is 0.588. The molecule has 0 aromatic heterocycles. The van der Waals surface area contributed by atoms with Crippen LogP contribution >= 0.6 is 0 Å². The fourth-order valence-corrected chi connectivity index (χ4v) is 2.38. The lowest BCUT2D eigenvalue weighted by Crippen LogP contribution is -2.18. The molecule has 0 atom stereocenters. The fourth-order valence-electron chi connectivity index (χ4n) is 2.38. The molecule has 0 aliphatic heterocycles. The molecule has 19 heavy (non-hydrogen) atoms. The molecule has 0 aliphatic rings. The van der Waals surface area contributed by atoms with Crippen molar-refractivity contribution in [1.82, 2.24) is 0 Å². The van der Waals surface area contributed by atoms with Crippen LogP contribution in [0.2, 0.25) is 0 Å². The van der Waals surface area contributed by atoms with Gasteiger partial charge in [-0.05, 0) is 47.9 Å². The average molecular weight is 261 g/mol. The van der Waals surface area contributed by atoms with Crippen LogP contribution in [0.1, 0.15) is 75.6 Å². The lowest BCUT2D eigenvalue weighted by molar-refractivity contribution is 0.0784. The van der Waals surface area contributed by atoms with E-state index in [1.807, 2.05) is 18.4 Å². The zero-order valence-corrected chi connectivity index (χ0v) is 12.9. The molecule has 0 spiro atoms. The van der Waals surface area contributed by atoms with Crippen LogP contribution in [0, 0.1) is 0 Å². The molecule has 0 bridgehead atoms. The van der Waals surface area contributed by atoms with E-state index >= 15 is 0 Å². The number of aliphatic hydroxyl groups is 1. The summed E-state index contributed by atoms with van der Waals surface area (Å²) in [6.45, 7) is 12.0. The van der Waals surface area contributed by atoms with Gasteiger partial charge in [0.1, 0.15) is 0 Å². The molecule has 1 N–H and O–H groups in total. The highest BCUT2D eigenvalue weighted by Crippen LogP contribution is 2.33. The average Bonchev–Trinajstić information content (AvgIpc) is 2.27. The van der Waals surface area contributed by atoms with E-state index in [0.29, 0.717) is 18.3 Å². The molecule has 0 amide bonds. The zero-order valence-electron chi connectivity index (χ0n) is 12.9. The van der Waals surface area contributed by atoms with Crippen molar-refractivity contribution in [2.24, 2.45) is 0 Å². The molecule has 1 radical (unpaired) electrons. The van der Waals surface area contributed by atoms with Gasteiger partial charge in [0.2, 0.25) is 6.29 Å². The Hall–Kier alpha value is -1.15. The molecule has 1 aromatic rings. The summed E-state index contributed by atoms with van der Waals surface area (Å²) in [4.78, 5) is 10.8. The minimum absolute atomic E-state index is 0.322. The van der Waals surface area contributed by atoms with Crippen molar-refractivity contribution in [3.63, 3.8) is 0 Å². The van der Waals surface area contributed by atoms with Gasteiger partial charge in [0.05, 0.1) is 5.60 Å². The summed E-state index contributed by atoms with van der Waals surface area (Å²) in [6, 6.07) is 4.06. The topological polar surface area (TPSA) is 37.3 Å². The van der Waals surface area contributed by atoms with Crippen LogP contribution in [-0.4, -0.2) is 11.4 Å². The number of hydrogen-bond donors (Lipinski definition) is 1. The lowest BCUT2D eigenvalue weighted by atomic mass is 9.82. The number of carbonyl (C=O) groups excluding carboxylic acids is 1. The van der Waals surface area contributed by atoms with Crippen LogP contribution in [0.5, 0.6) is 0 Å². The van der Waals surface area contributed by atoms with Gasteiger partial charge in [0.25, 0.3) is 0 Å². The smallest absolute Gasteiger partial charge is 0.203 e. The normalized spacial score (nSPS) is 12.3. The molecule has 0 heterocycles. The van der Waals surface area contributed by atoms with E-state index in [2.05, 4.69) is 27.7 Å². The van der Waals surface area contributed by atoms with E-state index in [-0.39, 0.29) is 0 Å². The van der Waals surface area contributed by atoms with Gasteiger partial charge in [-0.1, -0.05) is 39.8 Å². The quantitative estimate of drug-likeness (QED) is 0.875. The molecule has 0 aliphatic carbocycles. The van der Waals surface area contributed by atoms with Crippen molar-refractivity contribution in [2.45, 2.75) is 65.4 Å². The first-order valence-corrected chi connectivity index (χ1v) is 6.93. The second-order valence-corrected chi connectivity index (χ2v) is 6.32. The highest BCUT2D eigenvalue weighted by Gasteiger charge is 2.22. The molecule has 0 fully saturated rings. The Balaban J connectivity index is 3.57. The van der Waals surface area contributed by atoms with Crippen LogP contribution in [0.3, 0.4) is 0 Å². The standard InChI is InChI=1S/C17H25O2/c1-11(2)15-9-13(17(5,6)19)10-16(12(3)4)14(15)7-8-18/h9-12,19H,7H2,1-6H3. The third kappa shape index (κ3) is 3.66. The maximum atomic E-state index is 10.8. The van der Waals surface area contributed by atoms with Crippen molar-refractivity contribution in [2.75, 3.05) is 0 Å². The van der Waals surface area contributed by atoms with Gasteiger partial charge in [-0.15, -0.1) is 0 Å².